The van der Waals surface area contributed by atoms with Crippen LogP contribution in [0.3, 0.4) is 0 Å². The molecule has 0 radical (unpaired) electrons. The molecule has 0 aliphatic rings. The fourth-order valence-electron chi connectivity index (χ4n) is 3.46. The van der Waals surface area contributed by atoms with Gasteiger partial charge in [-0.1, -0.05) is 18.5 Å². The summed E-state index contributed by atoms with van der Waals surface area (Å²) in [5, 5.41) is 17.1. The quantitative estimate of drug-likeness (QED) is 0.300. The molecule has 0 saturated carbocycles. The lowest BCUT2D eigenvalue weighted by atomic mass is 10.0. The predicted molar refractivity (Wildman–Crippen MR) is 142 cm³/mol. The van der Waals surface area contributed by atoms with E-state index in [4.69, 9.17) is 31.5 Å². The summed E-state index contributed by atoms with van der Waals surface area (Å²) in [4.78, 5) is 24.3. The van der Waals surface area contributed by atoms with Crippen LogP contribution in [0.4, 0.5) is 10.1 Å². The number of hydrogen-bond donors (Lipinski definition) is 2. The molecular weight excluding hydrogens is 605 g/mol. The molecule has 0 aliphatic carbocycles. The second-order valence-corrected chi connectivity index (χ2v) is 10.6. The first-order valence-electron chi connectivity index (χ1n) is 10.8. The minimum atomic E-state index is -4.28. The summed E-state index contributed by atoms with van der Waals surface area (Å²) in [5.74, 6) is -2.56. The molecule has 0 aromatic heterocycles. The maximum atomic E-state index is 15.2. The Kier molecular flexibility index (Phi) is 9.11. The van der Waals surface area contributed by atoms with E-state index in [1.807, 2.05) is 6.07 Å². The van der Waals surface area contributed by atoms with E-state index in [-0.39, 0.29) is 60.4 Å². The molecular formula is C25H20BrClFN3O6S. The summed E-state index contributed by atoms with van der Waals surface area (Å²) >= 11 is 9.16. The van der Waals surface area contributed by atoms with Crippen molar-refractivity contribution < 1.29 is 31.9 Å². The molecule has 3 N–H and O–H groups in total. The smallest absolute Gasteiger partial charge is 0.262 e. The van der Waals surface area contributed by atoms with E-state index in [9.17, 15) is 18.0 Å². The maximum absolute atomic E-state index is 15.2. The number of amides is 1. The number of carbonyl (C=O) groups is 2. The van der Waals surface area contributed by atoms with Crippen LogP contribution in [0.25, 0.3) is 0 Å². The number of primary sulfonamides is 1. The molecule has 0 aliphatic heterocycles. The molecule has 0 fully saturated rings. The van der Waals surface area contributed by atoms with Gasteiger partial charge in [-0.05, 0) is 70.9 Å². The van der Waals surface area contributed by atoms with Gasteiger partial charge >= 0.3 is 0 Å². The van der Waals surface area contributed by atoms with E-state index >= 15 is 4.39 Å². The van der Waals surface area contributed by atoms with Crippen molar-refractivity contribution >= 4 is 54.9 Å². The SMILES string of the molecule is CCC(=O)c1ccc(NC(=O)COc2ccc(Br)c(Oc3cc(Cl)cc(C#N)c3)c2F)c(C)c1S(N)(=O)=O. The minimum absolute atomic E-state index is 0.0583. The van der Waals surface area contributed by atoms with Gasteiger partial charge < -0.3 is 14.8 Å². The fraction of sp³-hybridized carbons (Fsp3) is 0.160. The molecule has 3 rings (SSSR count). The number of hydrogen-bond acceptors (Lipinski definition) is 7. The maximum Gasteiger partial charge on any atom is 0.262 e. The topological polar surface area (TPSA) is 149 Å². The molecule has 0 saturated heterocycles. The zero-order valence-electron chi connectivity index (χ0n) is 20.0. The summed E-state index contributed by atoms with van der Waals surface area (Å²) in [6.45, 7) is 2.33. The van der Waals surface area contributed by atoms with E-state index in [2.05, 4.69) is 21.2 Å². The van der Waals surface area contributed by atoms with Crippen molar-refractivity contribution in [2.45, 2.75) is 25.2 Å². The number of ether oxygens (including phenoxy) is 2. The molecule has 0 atom stereocenters. The van der Waals surface area contributed by atoms with Gasteiger partial charge in [-0.2, -0.15) is 9.65 Å². The van der Waals surface area contributed by atoms with Crippen LogP contribution in [0, 0.1) is 24.1 Å². The van der Waals surface area contributed by atoms with Gasteiger partial charge in [-0.15, -0.1) is 0 Å². The van der Waals surface area contributed by atoms with Crippen molar-refractivity contribution in [1.29, 1.82) is 5.26 Å². The first-order valence-corrected chi connectivity index (χ1v) is 13.6. The number of rotatable bonds is 9. The summed E-state index contributed by atoms with van der Waals surface area (Å²) in [6, 6.07) is 11.4. The Morgan fingerprint density at radius 2 is 1.92 bits per heavy atom. The standard InChI is InChI=1S/C25H20BrClFN3O6S/c1-3-20(32)17-4-6-19(13(2)25(17)38(30,34)35)31-22(33)12-36-21-7-5-18(26)24(23(21)28)37-16-9-14(11-29)8-15(27)10-16/h4-10H,3,12H2,1-2H3,(H,31,33)(H2,30,34,35). The number of sulfonamides is 1. The molecule has 13 heteroatoms. The number of halogens is 3. The molecule has 0 heterocycles. The average Bonchev–Trinajstić information content (AvgIpc) is 2.85. The summed E-state index contributed by atoms with van der Waals surface area (Å²) in [6.07, 6.45) is 0.0583. The second kappa shape index (κ2) is 11.9. The van der Waals surface area contributed by atoms with Crippen molar-refractivity contribution in [3.63, 3.8) is 0 Å². The van der Waals surface area contributed by atoms with E-state index in [0.717, 1.165) is 0 Å². The highest BCUT2D eigenvalue weighted by molar-refractivity contribution is 9.10. The lowest BCUT2D eigenvalue weighted by Gasteiger charge is -2.16. The van der Waals surface area contributed by atoms with Crippen molar-refractivity contribution in [2.24, 2.45) is 5.14 Å². The number of benzene rings is 3. The van der Waals surface area contributed by atoms with Crippen LogP contribution < -0.4 is 19.9 Å². The Morgan fingerprint density at radius 1 is 1.21 bits per heavy atom. The van der Waals surface area contributed by atoms with Crippen LogP contribution in [0.15, 0.2) is 51.8 Å². The highest BCUT2D eigenvalue weighted by Gasteiger charge is 2.24. The van der Waals surface area contributed by atoms with Crippen molar-refractivity contribution in [1.82, 2.24) is 0 Å². The lowest BCUT2D eigenvalue weighted by molar-refractivity contribution is -0.118. The zero-order valence-corrected chi connectivity index (χ0v) is 23.1. The number of nitriles is 1. The number of Topliss-reactive ketones (excluding diaryl/α,β-unsaturated/α-hetero) is 1. The van der Waals surface area contributed by atoms with Crippen molar-refractivity contribution in [2.75, 3.05) is 11.9 Å². The van der Waals surface area contributed by atoms with Crippen molar-refractivity contribution in [3.05, 3.63) is 74.5 Å². The Labute approximate surface area is 231 Å². The van der Waals surface area contributed by atoms with Crippen LogP contribution in [-0.2, 0) is 14.8 Å². The van der Waals surface area contributed by atoms with Crippen LogP contribution in [0.1, 0.15) is 34.8 Å². The van der Waals surface area contributed by atoms with Gasteiger partial charge in [0.05, 0.1) is 21.0 Å². The molecule has 0 unspecified atom stereocenters. The third-order valence-corrected chi connectivity index (χ3v) is 7.12. The van der Waals surface area contributed by atoms with Crippen LogP contribution in [0.2, 0.25) is 5.02 Å². The number of carbonyl (C=O) groups excluding carboxylic acids is 2. The molecule has 198 valence electrons. The van der Waals surface area contributed by atoms with E-state index < -0.39 is 34.1 Å². The van der Waals surface area contributed by atoms with Gasteiger partial charge in [0.15, 0.2) is 23.9 Å². The molecule has 3 aromatic rings. The van der Waals surface area contributed by atoms with E-state index in [1.54, 1.807) is 6.92 Å². The molecule has 1 amide bonds. The van der Waals surface area contributed by atoms with Crippen molar-refractivity contribution in [3.8, 4) is 23.3 Å². The molecule has 0 bridgehead atoms. The van der Waals surface area contributed by atoms with Crippen LogP contribution in [-0.4, -0.2) is 26.7 Å². The van der Waals surface area contributed by atoms with E-state index in [0.29, 0.717) is 0 Å². The Hall–Kier alpha value is -3.50. The summed E-state index contributed by atoms with van der Waals surface area (Å²) in [5.41, 5.74) is 0.294. The molecule has 9 nitrogen and oxygen atoms in total. The number of nitrogens with one attached hydrogen (secondary N) is 1. The Bertz CT molecular complexity index is 1590. The van der Waals surface area contributed by atoms with Gasteiger partial charge in [0.2, 0.25) is 15.8 Å². The molecule has 38 heavy (non-hydrogen) atoms. The van der Waals surface area contributed by atoms with E-state index in [1.165, 1.54) is 49.4 Å². The third kappa shape index (κ3) is 6.68. The highest BCUT2D eigenvalue weighted by Crippen LogP contribution is 2.38. The van der Waals surface area contributed by atoms with Gasteiger partial charge in [0.25, 0.3) is 5.91 Å². The van der Waals surface area contributed by atoms with Gasteiger partial charge in [-0.3, -0.25) is 9.59 Å². The molecule has 3 aromatic carbocycles. The average molecular weight is 625 g/mol. The lowest BCUT2D eigenvalue weighted by Crippen LogP contribution is -2.23. The normalized spacial score (nSPS) is 11.0. The predicted octanol–water partition coefficient (Wildman–Crippen LogP) is 5.47. The Balaban J connectivity index is 1.80. The van der Waals surface area contributed by atoms with Gasteiger partial charge in [0, 0.05) is 22.7 Å². The number of anilines is 1. The summed E-state index contributed by atoms with van der Waals surface area (Å²) < 4.78 is 50.6. The first kappa shape index (κ1) is 29.1. The third-order valence-electron chi connectivity index (χ3n) is 5.18. The zero-order chi connectivity index (χ0) is 28.2. The van der Waals surface area contributed by atoms with Gasteiger partial charge in [-0.25, -0.2) is 13.6 Å². The highest BCUT2D eigenvalue weighted by atomic mass is 79.9. The largest absolute Gasteiger partial charge is 0.481 e. The monoisotopic (exact) mass is 623 g/mol. The second-order valence-electron chi connectivity index (χ2n) is 7.85. The number of nitrogens with zero attached hydrogens (tertiary/aromatic N) is 1. The van der Waals surface area contributed by atoms with Crippen LogP contribution in [0.5, 0.6) is 17.2 Å². The van der Waals surface area contributed by atoms with Gasteiger partial charge in [0.1, 0.15) is 5.75 Å². The summed E-state index contributed by atoms with van der Waals surface area (Å²) in [7, 11) is -4.28. The Morgan fingerprint density at radius 3 is 2.55 bits per heavy atom. The number of nitrogens with two attached hydrogens (primary N) is 1. The van der Waals surface area contributed by atoms with Crippen LogP contribution >= 0.6 is 27.5 Å². The molecule has 0 spiro atoms. The number of ketones is 1. The fourth-order valence-corrected chi connectivity index (χ4v) is 5.09. The first-order chi connectivity index (χ1) is 17.8. The minimum Gasteiger partial charge on any atom is -0.481 e.